The van der Waals surface area contributed by atoms with Crippen molar-refractivity contribution in [2.75, 3.05) is 11.9 Å². The van der Waals surface area contributed by atoms with Crippen LogP contribution in [0.4, 0.5) is 5.69 Å². The standard InChI is InChI=1S/C38H36N2O4/c1-20-13-25(14-21(2)24(20)5)17-26-15-22(3)33(23(4)16-26)40-36(43)30-12-10-28(19-32(30)37(40)44)38(6,7)27-9-11-29-31(18-27)35(42)39(8)34(29)41/h9-16,18-19H,17H2,1-8H3. The van der Waals surface area contributed by atoms with Crippen molar-refractivity contribution in [3.63, 3.8) is 0 Å². The SMILES string of the molecule is Cc1cc(Cc2cc(C)c(N3C(=O)c4ccc(C(C)(C)c5ccc6c(c5)C(=O)N(C)C6=O)cc4C3=O)c(C)c2)cc(C)c1C. The molecule has 0 spiro atoms. The van der Waals surface area contributed by atoms with E-state index in [0.717, 1.165) is 39.1 Å². The van der Waals surface area contributed by atoms with Gasteiger partial charge < -0.3 is 0 Å². The molecule has 6 heteroatoms. The largest absolute Gasteiger partial charge is 0.277 e. The van der Waals surface area contributed by atoms with Crippen LogP contribution >= 0.6 is 0 Å². The molecule has 44 heavy (non-hydrogen) atoms. The summed E-state index contributed by atoms with van der Waals surface area (Å²) in [4.78, 5) is 55.1. The van der Waals surface area contributed by atoms with Crippen LogP contribution in [0.5, 0.6) is 0 Å². The Morgan fingerprint density at radius 3 is 1.48 bits per heavy atom. The summed E-state index contributed by atoms with van der Waals surface area (Å²) in [5, 5.41) is 0. The van der Waals surface area contributed by atoms with E-state index >= 15 is 0 Å². The van der Waals surface area contributed by atoms with Crippen LogP contribution in [0, 0.1) is 34.6 Å². The Bertz CT molecular complexity index is 1920. The number of imide groups is 2. The fourth-order valence-electron chi connectivity index (χ4n) is 6.71. The van der Waals surface area contributed by atoms with E-state index in [1.807, 2.05) is 39.8 Å². The molecule has 0 unspecified atom stereocenters. The first-order valence-electron chi connectivity index (χ1n) is 14.9. The van der Waals surface area contributed by atoms with E-state index in [0.29, 0.717) is 27.9 Å². The maximum Gasteiger partial charge on any atom is 0.266 e. The lowest BCUT2D eigenvalue weighted by atomic mass is 9.76. The van der Waals surface area contributed by atoms with Gasteiger partial charge in [-0.1, -0.05) is 50.2 Å². The Morgan fingerprint density at radius 1 is 0.545 bits per heavy atom. The molecule has 0 N–H and O–H groups in total. The summed E-state index contributed by atoms with van der Waals surface area (Å²) in [6.45, 7) is 14.3. The number of nitrogens with zero attached hydrogens (tertiary/aromatic N) is 2. The maximum absolute atomic E-state index is 13.9. The van der Waals surface area contributed by atoms with E-state index in [4.69, 9.17) is 0 Å². The smallest absolute Gasteiger partial charge is 0.266 e. The van der Waals surface area contributed by atoms with Crippen molar-refractivity contribution in [3.05, 3.63) is 133 Å². The number of aryl methyl sites for hydroxylation is 4. The van der Waals surface area contributed by atoms with Gasteiger partial charge in [-0.3, -0.25) is 24.1 Å². The third-order valence-electron chi connectivity index (χ3n) is 9.59. The van der Waals surface area contributed by atoms with Crippen molar-refractivity contribution < 1.29 is 19.2 Å². The summed E-state index contributed by atoms with van der Waals surface area (Å²) < 4.78 is 0. The molecule has 0 aromatic heterocycles. The molecule has 0 bridgehead atoms. The molecule has 2 aliphatic heterocycles. The first-order chi connectivity index (χ1) is 20.7. The minimum Gasteiger partial charge on any atom is -0.277 e. The predicted molar refractivity (Wildman–Crippen MR) is 172 cm³/mol. The summed E-state index contributed by atoms with van der Waals surface area (Å²) >= 11 is 0. The minimum atomic E-state index is -0.606. The lowest BCUT2D eigenvalue weighted by Gasteiger charge is -2.27. The van der Waals surface area contributed by atoms with Gasteiger partial charge in [-0.05, 0) is 115 Å². The van der Waals surface area contributed by atoms with Crippen LogP contribution in [-0.2, 0) is 11.8 Å². The van der Waals surface area contributed by atoms with Gasteiger partial charge in [-0.2, -0.15) is 0 Å². The van der Waals surface area contributed by atoms with Gasteiger partial charge in [0.25, 0.3) is 23.6 Å². The predicted octanol–water partition coefficient (Wildman–Crippen LogP) is 7.17. The summed E-state index contributed by atoms with van der Waals surface area (Å²) in [7, 11) is 1.48. The van der Waals surface area contributed by atoms with Crippen molar-refractivity contribution in [1.82, 2.24) is 4.90 Å². The number of anilines is 1. The average molecular weight is 585 g/mol. The van der Waals surface area contributed by atoms with Crippen molar-refractivity contribution in [3.8, 4) is 0 Å². The Morgan fingerprint density at radius 2 is 0.955 bits per heavy atom. The molecule has 0 saturated heterocycles. The molecule has 222 valence electrons. The van der Waals surface area contributed by atoms with Crippen LogP contribution in [-0.4, -0.2) is 35.6 Å². The molecule has 2 heterocycles. The molecule has 0 atom stereocenters. The van der Waals surface area contributed by atoms with Crippen LogP contribution in [0.15, 0.2) is 60.7 Å². The second-order valence-electron chi connectivity index (χ2n) is 12.9. The monoisotopic (exact) mass is 584 g/mol. The van der Waals surface area contributed by atoms with Crippen molar-refractivity contribution in [2.24, 2.45) is 0 Å². The molecule has 4 aromatic rings. The van der Waals surface area contributed by atoms with Gasteiger partial charge in [-0.15, -0.1) is 0 Å². The highest BCUT2D eigenvalue weighted by Crippen LogP contribution is 2.39. The number of carbonyl (C=O) groups excluding carboxylic acids is 4. The molecule has 0 radical (unpaired) electrons. The quantitative estimate of drug-likeness (QED) is 0.233. The lowest BCUT2D eigenvalue weighted by Crippen LogP contribution is -2.31. The fraction of sp³-hybridized carbons (Fsp3) is 0.263. The Hall–Kier alpha value is -4.84. The molecular weight excluding hydrogens is 548 g/mol. The molecule has 0 fully saturated rings. The number of amides is 4. The van der Waals surface area contributed by atoms with Crippen LogP contribution in [0.25, 0.3) is 0 Å². The Balaban J connectivity index is 1.32. The van der Waals surface area contributed by atoms with E-state index in [-0.39, 0.29) is 23.6 Å². The number of hydrogen-bond acceptors (Lipinski definition) is 4. The molecule has 4 aromatic carbocycles. The fourth-order valence-corrected chi connectivity index (χ4v) is 6.71. The van der Waals surface area contributed by atoms with Gasteiger partial charge in [0.1, 0.15) is 0 Å². The van der Waals surface area contributed by atoms with Crippen LogP contribution in [0.1, 0.15) is 105 Å². The molecule has 0 saturated carbocycles. The lowest BCUT2D eigenvalue weighted by molar-refractivity contribution is 0.0692. The van der Waals surface area contributed by atoms with E-state index in [1.165, 1.54) is 34.2 Å². The summed E-state index contributed by atoms with van der Waals surface area (Å²) in [5.74, 6) is -1.31. The normalized spacial score (nSPS) is 14.5. The van der Waals surface area contributed by atoms with Crippen molar-refractivity contribution in [2.45, 2.75) is 60.3 Å². The molecule has 6 nitrogen and oxygen atoms in total. The number of carbonyl (C=O) groups is 4. The van der Waals surface area contributed by atoms with Gasteiger partial charge in [0.2, 0.25) is 0 Å². The van der Waals surface area contributed by atoms with E-state index < -0.39 is 5.41 Å². The maximum atomic E-state index is 13.9. The molecule has 0 aliphatic carbocycles. The molecule has 2 aliphatic rings. The van der Waals surface area contributed by atoms with E-state index in [9.17, 15) is 19.2 Å². The number of hydrogen-bond donors (Lipinski definition) is 0. The zero-order valence-electron chi connectivity index (χ0n) is 26.5. The zero-order valence-corrected chi connectivity index (χ0v) is 26.5. The van der Waals surface area contributed by atoms with Gasteiger partial charge in [0, 0.05) is 12.5 Å². The second-order valence-corrected chi connectivity index (χ2v) is 12.9. The number of benzene rings is 4. The summed E-state index contributed by atoms with van der Waals surface area (Å²) in [6.07, 6.45) is 0.767. The van der Waals surface area contributed by atoms with Crippen molar-refractivity contribution >= 4 is 29.3 Å². The van der Waals surface area contributed by atoms with Gasteiger partial charge in [0.05, 0.1) is 27.9 Å². The van der Waals surface area contributed by atoms with Gasteiger partial charge >= 0.3 is 0 Å². The van der Waals surface area contributed by atoms with Gasteiger partial charge in [0.15, 0.2) is 0 Å². The van der Waals surface area contributed by atoms with Gasteiger partial charge in [-0.25, -0.2) is 4.90 Å². The number of rotatable bonds is 5. The highest BCUT2D eigenvalue weighted by molar-refractivity contribution is 6.35. The zero-order chi connectivity index (χ0) is 31.8. The highest BCUT2D eigenvalue weighted by atomic mass is 16.2. The third kappa shape index (κ3) is 4.39. The van der Waals surface area contributed by atoms with Crippen LogP contribution in [0.2, 0.25) is 0 Å². The van der Waals surface area contributed by atoms with E-state index in [2.05, 4.69) is 45.0 Å². The Labute approximate surface area is 258 Å². The second kappa shape index (κ2) is 10.1. The van der Waals surface area contributed by atoms with Crippen LogP contribution < -0.4 is 4.90 Å². The molecular formula is C38H36N2O4. The van der Waals surface area contributed by atoms with Crippen LogP contribution in [0.3, 0.4) is 0 Å². The number of fused-ring (bicyclic) bond motifs is 2. The molecule has 6 rings (SSSR count). The topological polar surface area (TPSA) is 74.8 Å². The summed E-state index contributed by atoms with van der Waals surface area (Å²) in [6, 6.07) is 19.3. The average Bonchev–Trinajstić information content (AvgIpc) is 3.35. The first-order valence-corrected chi connectivity index (χ1v) is 14.9. The van der Waals surface area contributed by atoms with E-state index in [1.54, 1.807) is 24.3 Å². The minimum absolute atomic E-state index is 0.310. The first kappa shape index (κ1) is 29.2. The highest BCUT2D eigenvalue weighted by Gasteiger charge is 2.40. The Kier molecular flexibility index (Phi) is 6.73. The molecule has 4 amide bonds. The third-order valence-corrected chi connectivity index (χ3v) is 9.59. The van der Waals surface area contributed by atoms with Crippen molar-refractivity contribution in [1.29, 1.82) is 0 Å². The summed E-state index contributed by atoms with van der Waals surface area (Å²) in [5.41, 5.74) is 11.2.